The summed E-state index contributed by atoms with van der Waals surface area (Å²) in [6, 6.07) is 7.21. The molecule has 2 aromatic rings. The van der Waals surface area contributed by atoms with Crippen LogP contribution in [0.4, 0.5) is 11.6 Å². The van der Waals surface area contributed by atoms with Crippen LogP contribution in [0, 0.1) is 0 Å². The fourth-order valence-corrected chi connectivity index (χ4v) is 3.52. The van der Waals surface area contributed by atoms with Crippen molar-refractivity contribution in [1.82, 2.24) is 14.9 Å². The van der Waals surface area contributed by atoms with Gasteiger partial charge in [0.1, 0.15) is 11.4 Å². The van der Waals surface area contributed by atoms with Crippen LogP contribution >= 0.6 is 11.6 Å². The third kappa shape index (κ3) is 9.76. The summed E-state index contributed by atoms with van der Waals surface area (Å²) in [6.45, 7) is 5.50. The molecule has 12 nitrogen and oxygen atoms in total. The van der Waals surface area contributed by atoms with Gasteiger partial charge < -0.3 is 30.9 Å². The molecular weight excluding hydrogens is 492 g/mol. The number of aromatic nitrogens is 2. The van der Waals surface area contributed by atoms with Crippen molar-refractivity contribution in [2.75, 3.05) is 56.6 Å². The van der Waals surface area contributed by atoms with Gasteiger partial charge in [-0.1, -0.05) is 11.6 Å². The molecule has 1 saturated heterocycles. The number of hydrogen-bond acceptors (Lipinski definition) is 9. The van der Waals surface area contributed by atoms with E-state index in [9.17, 15) is 14.4 Å². The number of piperazine rings is 1. The molecule has 5 N–H and O–H groups in total. The first-order chi connectivity index (χ1) is 17.2. The van der Waals surface area contributed by atoms with E-state index >= 15 is 0 Å². The van der Waals surface area contributed by atoms with Crippen molar-refractivity contribution in [2.45, 2.75) is 6.42 Å². The molecule has 3 rings (SSSR count). The van der Waals surface area contributed by atoms with Crippen LogP contribution in [0.15, 0.2) is 42.6 Å². The molecule has 0 radical (unpaired) electrons. The van der Waals surface area contributed by atoms with Gasteiger partial charge in [-0.15, -0.1) is 0 Å². The number of primary amides is 1. The highest BCUT2D eigenvalue weighted by Crippen LogP contribution is 2.31. The van der Waals surface area contributed by atoms with E-state index in [-0.39, 0.29) is 5.69 Å². The van der Waals surface area contributed by atoms with E-state index in [1.807, 2.05) is 18.2 Å². The second-order valence-electron chi connectivity index (χ2n) is 7.56. The molecule has 0 unspecified atom stereocenters. The Labute approximate surface area is 213 Å². The van der Waals surface area contributed by atoms with E-state index in [2.05, 4.69) is 25.1 Å². The van der Waals surface area contributed by atoms with Crippen LogP contribution in [-0.2, 0) is 9.59 Å². The number of rotatable bonds is 10. The number of amides is 1. The van der Waals surface area contributed by atoms with E-state index in [1.54, 1.807) is 7.11 Å². The fourth-order valence-electron chi connectivity index (χ4n) is 3.35. The first-order valence-corrected chi connectivity index (χ1v) is 11.4. The first kappa shape index (κ1) is 28.3. The molecule has 1 aromatic heterocycles. The Bertz CT molecular complexity index is 1060. The van der Waals surface area contributed by atoms with Gasteiger partial charge in [-0.05, 0) is 37.2 Å². The molecule has 1 aromatic carbocycles. The largest absolute Gasteiger partial charge is 0.495 e. The van der Waals surface area contributed by atoms with Crippen LogP contribution in [0.2, 0.25) is 5.02 Å². The van der Waals surface area contributed by atoms with Gasteiger partial charge in [0.15, 0.2) is 0 Å². The Morgan fingerprint density at radius 3 is 2.39 bits per heavy atom. The van der Waals surface area contributed by atoms with Crippen LogP contribution in [0.3, 0.4) is 0 Å². The topological polar surface area (TPSA) is 171 Å². The Kier molecular flexibility index (Phi) is 11.4. The van der Waals surface area contributed by atoms with Crippen LogP contribution in [-0.4, -0.2) is 89.3 Å². The third-order valence-electron chi connectivity index (χ3n) is 5.06. The van der Waals surface area contributed by atoms with Crippen molar-refractivity contribution in [2.24, 2.45) is 5.73 Å². The number of carboxylic acids is 2. The number of aliphatic carboxylic acids is 2. The van der Waals surface area contributed by atoms with Gasteiger partial charge in [0.2, 0.25) is 5.95 Å². The minimum atomic E-state index is -1.26. The Morgan fingerprint density at radius 1 is 1.14 bits per heavy atom. The van der Waals surface area contributed by atoms with Gasteiger partial charge >= 0.3 is 11.9 Å². The zero-order valence-electron chi connectivity index (χ0n) is 19.8. The molecule has 0 aliphatic carbocycles. The molecule has 194 valence electrons. The number of carboxylic acid groups (broad SMARTS) is 2. The molecule has 1 aliphatic rings. The van der Waals surface area contributed by atoms with Crippen LogP contribution < -0.4 is 20.7 Å². The van der Waals surface area contributed by atoms with Crippen molar-refractivity contribution < 1.29 is 29.3 Å². The zero-order valence-corrected chi connectivity index (χ0v) is 20.5. The van der Waals surface area contributed by atoms with Crippen molar-refractivity contribution in [3.8, 4) is 5.75 Å². The van der Waals surface area contributed by atoms with E-state index in [0.29, 0.717) is 23.1 Å². The van der Waals surface area contributed by atoms with Crippen molar-refractivity contribution in [3.63, 3.8) is 0 Å². The summed E-state index contributed by atoms with van der Waals surface area (Å²) in [7, 11) is 1.68. The highest BCUT2D eigenvalue weighted by Gasteiger charge is 2.19. The second-order valence-corrected chi connectivity index (χ2v) is 8.00. The smallest absolute Gasteiger partial charge is 0.328 e. The maximum absolute atomic E-state index is 11.2. The summed E-state index contributed by atoms with van der Waals surface area (Å²) in [5, 5.41) is 19.5. The lowest BCUT2D eigenvalue weighted by Crippen LogP contribution is -2.47. The summed E-state index contributed by atoms with van der Waals surface area (Å²) in [5.74, 6) is -1.80. The van der Waals surface area contributed by atoms with Gasteiger partial charge in [-0.25, -0.2) is 19.6 Å². The number of hydrogen-bond donors (Lipinski definition) is 4. The van der Waals surface area contributed by atoms with Gasteiger partial charge in [0, 0.05) is 56.1 Å². The van der Waals surface area contributed by atoms with Crippen LogP contribution in [0.1, 0.15) is 16.9 Å². The average Bonchev–Trinajstić information content (AvgIpc) is 2.86. The number of benzene rings is 1. The summed E-state index contributed by atoms with van der Waals surface area (Å²) in [6.07, 6.45) is 3.59. The molecule has 36 heavy (non-hydrogen) atoms. The highest BCUT2D eigenvalue weighted by molar-refractivity contribution is 6.30. The lowest BCUT2D eigenvalue weighted by Gasteiger charge is -2.36. The van der Waals surface area contributed by atoms with Crippen LogP contribution in [0.25, 0.3) is 0 Å². The zero-order chi connectivity index (χ0) is 26.5. The number of nitrogens with zero attached hydrogens (tertiary/aromatic N) is 4. The van der Waals surface area contributed by atoms with Gasteiger partial charge in [0.05, 0.1) is 12.8 Å². The van der Waals surface area contributed by atoms with E-state index < -0.39 is 17.8 Å². The van der Waals surface area contributed by atoms with Crippen molar-refractivity contribution >= 4 is 41.1 Å². The predicted octanol–water partition coefficient (Wildman–Crippen LogP) is 1.57. The number of halogens is 1. The summed E-state index contributed by atoms with van der Waals surface area (Å²) < 4.78 is 5.46. The van der Waals surface area contributed by atoms with Crippen molar-refractivity contribution in [3.05, 3.63) is 53.3 Å². The van der Waals surface area contributed by atoms with E-state index in [1.165, 1.54) is 12.3 Å². The van der Waals surface area contributed by atoms with Crippen LogP contribution in [0.5, 0.6) is 5.75 Å². The van der Waals surface area contributed by atoms with Gasteiger partial charge in [-0.2, -0.15) is 0 Å². The van der Waals surface area contributed by atoms with Gasteiger partial charge in [-0.3, -0.25) is 9.69 Å². The fraction of sp³-hybridized carbons (Fsp3) is 0.348. The number of nitrogens with two attached hydrogens (primary N) is 1. The van der Waals surface area contributed by atoms with E-state index in [0.717, 1.165) is 57.1 Å². The molecule has 0 saturated carbocycles. The average molecular weight is 521 g/mol. The molecule has 0 spiro atoms. The number of carbonyl (C=O) groups is 3. The predicted molar refractivity (Wildman–Crippen MR) is 135 cm³/mol. The molecule has 0 atom stereocenters. The first-order valence-electron chi connectivity index (χ1n) is 11.0. The quantitative estimate of drug-likeness (QED) is 0.264. The lowest BCUT2D eigenvalue weighted by molar-refractivity contribution is -0.134. The van der Waals surface area contributed by atoms with E-state index in [4.69, 9.17) is 32.3 Å². The molecular formula is C23H29ClN6O6. The molecule has 13 heteroatoms. The Morgan fingerprint density at radius 2 is 1.81 bits per heavy atom. The van der Waals surface area contributed by atoms with Crippen molar-refractivity contribution in [1.29, 1.82) is 0 Å². The summed E-state index contributed by atoms with van der Waals surface area (Å²) in [4.78, 5) is 43.2. The maximum atomic E-state index is 11.2. The monoisotopic (exact) mass is 520 g/mol. The number of anilines is 2. The highest BCUT2D eigenvalue weighted by atomic mass is 35.5. The number of nitrogens with one attached hydrogen (secondary N) is 1. The molecule has 1 aliphatic heterocycles. The number of methoxy groups -OCH3 is 1. The van der Waals surface area contributed by atoms with Gasteiger partial charge in [0.25, 0.3) is 5.91 Å². The Hall–Kier alpha value is -3.90. The normalized spacial score (nSPS) is 13.6. The molecule has 2 heterocycles. The second kappa shape index (κ2) is 14.5. The maximum Gasteiger partial charge on any atom is 0.328 e. The minimum absolute atomic E-state index is 0.213. The molecule has 1 fully saturated rings. The summed E-state index contributed by atoms with van der Waals surface area (Å²) >= 11 is 6.15. The SMILES string of the molecule is COc1ccc(Cl)cc1N1CCN(CCCNc2nccc(C(N)=O)n2)CC1.O=C(O)/C=C/C(=O)O. The minimum Gasteiger partial charge on any atom is -0.495 e. The molecule has 0 bridgehead atoms. The lowest BCUT2D eigenvalue weighted by atomic mass is 10.2. The molecule has 1 amide bonds. The number of ether oxygens (including phenoxy) is 1. The number of carbonyl (C=O) groups excluding carboxylic acids is 1. The standard InChI is InChI=1S/C19H25ClN6O2.C4H4O4/c1-28-17-4-3-14(20)13-16(17)26-11-9-25(10-12-26)8-2-6-22-19-23-7-5-15(24-19)18(21)27;5-3(6)1-2-4(7)8/h3-5,7,13H,2,6,8-12H2,1H3,(H2,21,27)(H,22,23,24);1-2H,(H,5,6)(H,7,8)/b;2-1+. The third-order valence-corrected chi connectivity index (χ3v) is 5.30. The Balaban J connectivity index is 0.000000493. The summed E-state index contributed by atoms with van der Waals surface area (Å²) in [5.41, 5.74) is 6.49.